The third kappa shape index (κ3) is 3.91. The molecule has 0 spiro atoms. The van der Waals surface area contributed by atoms with E-state index in [1.165, 1.54) is 24.3 Å². The number of halogens is 1. The van der Waals surface area contributed by atoms with Gasteiger partial charge in [-0.05, 0) is 23.8 Å². The van der Waals surface area contributed by atoms with Crippen molar-refractivity contribution in [3.8, 4) is 5.88 Å². The molecule has 4 rings (SSSR count). The van der Waals surface area contributed by atoms with Gasteiger partial charge in [-0.1, -0.05) is 48.5 Å². The average Bonchev–Trinajstić information content (AvgIpc) is 3.14. The molecule has 0 aliphatic carbocycles. The lowest BCUT2D eigenvalue weighted by Gasteiger charge is -2.08. The minimum Gasteiger partial charge on any atom is -0.473 e. The second kappa shape index (κ2) is 7.75. The summed E-state index contributed by atoms with van der Waals surface area (Å²) in [7, 11) is -2.79. The van der Waals surface area contributed by atoms with Crippen LogP contribution in [-0.4, -0.2) is 25.8 Å². The molecule has 0 amide bonds. The van der Waals surface area contributed by atoms with E-state index in [1.54, 1.807) is 18.2 Å². The smallest absolute Gasteiger partial charge is 0.269 e. The van der Waals surface area contributed by atoms with Gasteiger partial charge < -0.3 is 4.74 Å². The van der Waals surface area contributed by atoms with Crippen LogP contribution in [0.1, 0.15) is 5.56 Å². The lowest BCUT2D eigenvalue weighted by Crippen LogP contribution is -2.12. The molecule has 0 aliphatic heterocycles. The van der Waals surface area contributed by atoms with Gasteiger partial charge in [0.25, 0.3) is 19.1 Å². The zero-order valence-electron chi connectivity index (χ0n) is 15.3. The van der Waals surface area contributed by atoms with E-state index in [-0.39, 0.29) is 33.3 Å². The minimum atomic E-state index is -4.21. The summed E-state index contributed by atoms with van der Waals surface area (Å²) in [5.74, 6) is 0.146. The van der Waals surface area contributed by atoms with Crippen LogP contribution in [0.4, 0.5) is 0 Å². The van der Waals surface area contributed by atoms with Crippen molar-refractivity contribution in [3.63, 3.8) is 0 Å². The number of fused-ring (bicyclic) bond motifs is 1. The van der Waals surface area contributed by atoms with E-state index in [9.17, 15) is 16.8 Å². The average molecular weight is 463 g/mol. The molecule has 2 aromatic heterocycles. The summed E-state index contributed by atoms with van der Waals surface area (Å²) in [5.41, 5.74) is 0.805. The van der Waals surface area contributed by atoms with Crippen LogP contribution in [0.5, 0.6) is 5.88 Å². The highest BCUT2D eigenvalue weighted by Gasteiger charge is 2.27. The van der Waals surface area contributed by atoms with Crippen LogP contribution < -0.4 is 4.74 Å². The highest BCUT2D eigenvalue weighted by Crippen LogP contribution is 2.31. The topological polar surface area (TPSA) is 95.3 Å². The number of benzene rings is 2. The Labute approximate surface area is 178 Å². The molecule has 0 atom stereocenters. The fourth-order valence-corrected chi connectivity index (χ4v) is 5.35. The standard InChI is InChI=1S/C20H15ClN2O5S2/c21-29(24,25)18-13-23(30(26,27)16-9-5-2-6-10-16)20-17(18)11-12-19(22-20)28-14-15-7-3-1-4-8-15/h1-13H,14H2. The molecule has 0 unspecified atom stereocenters. The van der Waals surface area contributed by atoms with Gasteiger partial charge >= 0.3 is 0 Å². The first-order valence-corrected chi connectivity index (χ1v) is 12.5. The molecule has 0 bridgehead atoms. The molecule has 0 radical (unpaired) electrons. The Kier molecular flexibility index (Phi) is 5.27. The summed E-state index contributed by atoms with van der Waals surface area (Å²) in [6.45, 7) is 0.214. The molecule has 2 aromatic carbocycles. The molecular formula is C20H15ClN2O5S2. The first-order valence-electron chi connectivity index (χ1n) is 8.71. The predicted molar refractivity (Wildman–Crippen MR) is 113 cm³/mol. The fraction of sp³-hybridized carbons (Fsp3) is 0.0500. The number of hydrogen-bond donors (Lipinski definition) is 0. The van der Waals surface area contributed by atoms with Crippen molar-refractivity contribution in [2.24, 2.45) is 0 Å². The van der Waals surface area contributed by atoms with Crippen LogP contribution >= 0.6 is 10.7 Å². The number of hydrogen-bond acceptors (Lipinski definition) is 6. The van der Waals surface area contributed by atoms with Crippen molar-refractivity contribution in [1.29, 1.82) is 0 Å². The van der Waals surface area contributed by atoms with Crippen molar-refractivity contribution in [2.45, 2.75) is 16.4 Å². The van der Waals surface area contributed by atoms with Gasteiger partial charge in [0.15, 0.2) is 5.65 Å². The lowest BCUT2D eigenvalue weighted by molar-refractivity contribution is 0.295. The van der Waals surface area contributed by atoms with Crippen molar-refractivity contribution >= 4 is 40.8 Å². The van der Waals surface area contributed by atoms with Gasteiger partial charge in [-0.25, -0.2) is 20.8 Å². The summed E-state index contributed by atoms with van der Waals surface area (Å²) in [4.78, 5) is 3.89. The van der Waals surface area contributed by atoms with E-state index >= 15 is 0 Å². The fourth-order valence-electron chi connectivity index (χ4n) is 2.92. The van der Waals surface area contributed by atoms with Gasteiger partial charge in [0.2, 0.25) is 5.88 Å². The molecule has 0 saturated heterocycles. The first-order chi connectivity index (χ1) is 14.3. The van der Waals surface area contributed by atoms with Crippen LogP contribution in [0.3, 0.4) is 0 Å². The zero-order valence-corrected chi connectivity index (χ0v) is 17.7. The lowest BCUT2D eigenvalue weighted by atomic mass is 10.2. The molecule has 0 fully saturated rings. The Morgan fingerprint density at radius 3 is 2.13 bits per heavy atom. The molecule has 0 saturated carbocycles. The normalized spacial score (nSPS) is 12.2. The predicted octanol–water partition coefficient (Wildman–Crippen LogP) is 3.78. The third-order valence-corrected chi connectivity index (χ3v) is 7.36. The Morgan fingerprint density at radius 1 is 0.867 bits per heavy atom. The summed E-state index contributed by atoms with van der Waals surface area (Å²) < 4.78 is 56.8. The van der Waals surface area contributed by atoms with E-state index in [4.69, 9.17) is 15.4 Å². The Morgan fingerprint density at radius 2 is 1.50 bits per heavy atom. The molecule has 0 aliphatic rings. The maximum atomic E-state index is 13.1. The van der Waals surface area contributed by atoms with Crippen molar-refractivity contribution in [1.82, 2.24) is 8.96 Å². The molecule has 10 heteroatoms. The van der Waals surface area contributed by atoms with Gasteiger partial charge in [-0.3, -0.25) is 0 Å². The van der Waals surface area contributed by atoms with Gasteiger partial charge in [-0.15, -0.1) is 0 Å². The summed E-state index contributed by atoms with van der Waals surface area (Å²) in [5, 5.41) is 0.0802. The van der Waals surface area contributed by atoms with E-state index in [1.807, 2.05) is 30.3 Å². The summed E-state index contributed by atoms with van der Waals surface area (Å²) in [6, 6.07) is 19.9. The van der Waals surface area contributed by atoms with Crippen LogP contribution in [0, 0.1) is 0 Å². The quantitative estimate of drug-likeness (QED) is 0.405. The highest BCUT2D eigenvalue weighted by atomic mass is 35.7. The Hall–Kier alpha value is -2.88. The number of aromatic nitrogens is 2. The minimum absolute atomic E-state index is 0.0159. The number of rotatable bonds is 6. The molecule has 0 N–H and O–H groups in total. The summed E-state index contributed by atoms with van der Waals surface area (Å²) >= 11 is 0. The zero-order chi connectivity index (χ0) is 21.4. The second-order valence-electron chi connectivity index (χ2n) is 6.34. The maximum absolute atomic E-state index is 13.1. The van der Waals surface area contributed by atoms with Crippen LogP contribution in [0.25, 0.3) is 11.0 Å². The van der Waals surface area contributed by atoms with Crippen molar-refractivity contribution in [2.75, 3.05) is 0 Å². The Bertz CT molecular complexity index is 1420. The van der Waals surface area contributed by atoms with Gasteiger partial charge in [0.05, 0.1) is 4.90 Å². The van der Waals surface area contributed by atoms with E-state index < -0.39 is 19.1 Å². The molecule has 30 heavy (non-hydrogen) atoms. The van der Waals surface area contributed by atoms with E-state index in [0.717, 1.165) is 15.7 Å². The molecule has 154 valence electrons. The van der Waals surface area contributed by atoms with E-state index in [0.29, 0.717) is 0 Å². The molecular weight excluding hydrogens is 448 g/mol. The largest absolute Gasteiger partial charge is 0.473 e. The third-order valence-electron chi connectivity index (χ3n) is 4.35. The monoisotopic (exact) mass is 462 g/mol. The Balaban J connectivity index is 1.84. The first kappa shape index (κ1) is 20.4. The van der Waals surface area contributed by atoms with Crippen LogP contribution in [-0.2, 0) is 25.7 Å². The van der Waals surface area contributed by atoms with Gasteiger partial charge in [0.1, 0.15) is 11.5 Å². The van der Waals surface area contributed by atoms with Crippen molar-refractivity contribution < 1.29 is 21.6 Å². The highest BCUT2D eigenvalue weighted by molar-refractivity contribution is 8.14. The van der Waals surface area contributed by atoms with E-state index in [2.05, 4.69) is 4.98 Å². The number of nitrogens with zero attached hydrogens (tertiary/aromatic N) is 2. The maximum Gasteiger partial charge on any atom is 0.269 e. The van der Waals surface area contributed by atoms with Crippen LogP contribution in [0.2, 0.25) is 0 Å². The summed E-state index contributed by atoms with van der Waals surface area (Å²) in [6.07, 6.45) is 0.962. The SMILES string of the molecule is O=S(=O)(Cl)c1cn(S(=O)(=O)c2ccccc2)c2nc(OCc3ccccc3)ccc12. The molecule has 7 nitrogen and oxygen atoms in total. The second-order valence-corrected chi connectivity index (χ2v) is 10.7. The van der Waals surface area contributed by atoms with Crippen molar-refractivity contribution in [3.05, 3.63) is 84.6 Å². The number of ether oxygens (including phenoxy) is 1. The van der Waals surface area contributed by atoms with Crippen LogP contribution in [0.15, 0.2) is 88.8 Å². The molecule has 4 aromatic rings. The van der Waals surface area contributed by atoms with Gasteiger partial charge in [-0.2, -0.15) is 4.98 Å². The van der Waals surface area contributed by atoms with Gasteiger partial charge in [0, 0.05) is 28.3 Å². The molecule has 2 heterocycles. The number of pyridine rings is 1.